The van der Waals surface area contributed by atoms with Gasteiger partial charge in [0.25, 0.3) is 0 Å². The quantitative estimate of drug-likeness (QED) is 0.806. The molecular weight excluding hydrogens is 359 g/mol. The second-order valence-corrected chi connectivity index (χ2v) is 9.27. The molecule has 1 amide bonds. The van der Waals surface area contributed by atoms with Gasteiger partial charge in [0.05, 0.1) is 18.0 Å². The molecule has 1 aromatic rings. The van der Waals surface area contributed by atoms with Gasteiger partial charge in [-0.2, -0.15) is 4.31 Å². The van der Waals surface area contributed by atoms with Gasteiger partial charge in [-0.1, -0.05) is 12.1 Å². The third-order valence-corrected chi connectivity index (χ3v) is 6.67. The Kier molecular flexibility index (Phi) is 5.64. The maximum atomic E-state index is 13.0. The number of nitrogens with one attached hydrogen (secondary N) is 1. The number of carbonyl (C=O) groups is 1. The Hall–Kier alpha value is -1.51. The van der Waals surface area contributed by atoms with Crippen LogP contribution in [-0.4, -0.2) is 56.2 Å². The van der Waals surface area contributed by atoms with Crippen LogP contribution in [0, 0.1) is 11.7 Å². The van der Waals surface area contributed by atoms with E-state index in [9.17, 15) is 17.6 Å². The van der Waals surface area contributed by atoms with E-state index in [1.54, 1.807) is 12.1 Å². The Morgan fingerprint density at radius 1 is 1.23 bits per heavy atom. The summed E-state index contributed by atoms with van der Waals surface area (Å²) in [6.45, 7) is 4.48. The van der Waals surface area contributed by atoms with Gasteiger partial charge in [0.2, 0.25) is 15.9 Å². The van der Waals surface area contributed by atoms with Gasteiger partial charge in [-0.15, -0.1) is 0 Å². The van der Waals surface area contributed by atoms with Crippen molar-refractivity contribution >= 4 is 15.9 Å². The average Bonchev–Trinajstić information content (AvgIpc) is 3.35. The number of rotatable bonds is 6. The molecule has 8 heteroatoms. The smallest absolute Gasteiger partial charge is 0.223 e. The summed E-state index contributed by atoms with van der Waals surface area (Å²) in [5, 5.41) is 2.72. The highest BCUT2D eigenvalue weighted by molar-refractivity contribution is 7.89. The van der Waals surface area contributed by atoms with Crippen molar-refractivity contribution in [2.45, 2.75) is 38.4 Å². The summed E-state index contributed by atoms with van der Waals surface area (Å²) in [6, 6.07) is 6.16. The summed E-state index contributed by atoms with van der Waals surface area (Å²) in [5.41, 5.74) is 0.940. The number of morpholine rings is 1. The van der Waals surface area contributed by atoms with Gasteiger partial charge in [0.15, 0.2) is 0 Å². The van der Waals surface area contributed by atoms with Crippen LogP contribution in [0.15, 0.2) is 24.3 Å². The molecule has 0 aromatic heterocycles. The molecule has 1 saturated heterocycles. The van der Waals surface area contributed by atoms with Crippen LogP contribution < -0.4 is 5.32 Å². The molecule has 1 N–H and O–H groups in total. The maximum absolute atomic E-state index is 13.0. The van der Waals surface area contributed by atoms with Crippen molar-refractivity contribution < 1.29 is 22.3 Å². The van der Waals surface area contributed by atoms with Crippen molar-refractivity contribution in [1.82, 2.24) is 9.62 Å². The molecule has 2 aliphatic rings. The van der Waals surface area contributed by atoms with Crippen LogP contribution in [0.2, 0.25) is 0 Å². The minimum Gasteiger partial charge on any atom is -0.373 e. The normalized spacial score (nSPS) is 29.3. The lowest BCUT2D eigenvalue weighted by Gasteiger charge is -2.34. The van der Waals surface area contributed by atoms with E-state index in [4.69, 9.17) is 4.74 Å². The molecular formula is C18H25FN2O4S. The predicted octanol–water partition coefficient (Wildman–Crippen LogP) is 1.48. The summed E-state index contributed by atoms with van der Waals surface area (Å²) in [7, 11) is -3.42. The van der Waals surface area contributed by atoms with Crippen molar-refractivity contribution in [3.05, 3.63) is 35.6 Å². The van der Waals surface area contributed by atoms with E-state index in [-0.39, 0.29) is 48.1 Å². The van der Waals surface area contributed by atoms with E-state index in [1.165, 1.54) is 16.4 Å². The fourth-order valence-corrected chi connectivity index (χ4v) is 4.98. The first-order valence-electron chi connectivity index (χ1n) is 8.92. The highest BCUT2D eigenvalue weighted by atomic mass is 32.2. The monoisotopic (exact) mass is 384 g/mol. The van der Waals surface area contributed by atoms with Crippen LogP contribution in [0.1, 0.15) is 31.7 Å². The zero-order valence-corrected chi connectivity index (χ0v) is 15.8. The average molecular weight is 384 g/mol. The molecule has 0 spiro atoms. The van der Waals surface area contributed by atoms with Crippen LogP contribution in [0.3, 0.4) is 0 Å². The second kappa shape index (κ2) is 7.62. The van der Waals surface area contributed by atoms with Crippen LogP contribution in [0.5, 0.6) is 0 Å². The largest absolute Gasteiger partial charge is 0.373 e. The molecule has 0 bridgehead atoms. The summed E-state index contributed by atoms with van der Waals surface area (Å²) in [4.78, 5) is 12.2. The number of hydrogen-bond acceptors (Lipinski definition) is 4. The number of ether oxygens (including phenoxy) is 1. The van der Waals surface area contributed by atoms with Crippen molar-refractivity contribution in [1.29, 1.82) is 0 Å². The Morgan fingerprint density at radius 2 is 1.85 bits per heavy atom. The van der Waals surface area contributed by atoms with Crippen LogP contribution in [-0.2, 0) is 19.6 Å². The number of amides is 1. The molecule has 3 rings (SSSR count). The van der Waals surface area contributed by atoms with Gasteiger partial charge < -0.3 is 10.1 Å². The van der Waals surface area contributed by atoms with E-state index in [0.717, 1.165) is 5.56 Å². The van der Waals surface area contributed by atoms with E-state index < -0.39 is 10.0 Å². The highest BCUT2D eigenvalue weighted by Gasteiger charge is 2.43. The maximum Gasteiger partial charge on any atom is 0.223 e. The first-order chi connectivity index (χ1) is 12.3. The van der Waals surface area contributed by atoms with E-state index in [1.807, 2.05) is 13.8 Å². The Labute approximate surface area is 153 Å². The van der Waals surface area contributed by atoms with Crippen molar-refractivity contribution in [2.24, 2.45) is 5.92 Å². The van der Waals surface area contributed by atoms with E-state index in [2.05, 4.69) is 5.32 Å². The molecule has 6 nitrogen and oxygen atoms in total. The predicted molar refractivity (Wildman–Crippen MR) is 95.6 cm³/mol. The molecule has 26 heavy (non-hydrogen) atoms. The number of sulfonamides is 1. The summed E-state index contributed by atoms with van der Waals surface area (Å²) in [6.07, 6.45) is 0.444. The lowest BCUT2D eigenvalue weighted by molar-refractivity contribution is -0.122. The third kappa shape index (κ3) is 4.61. The highest BCUT2D eigenvalue weighted by Crippen LogP contribution is 2.47. The lowest BCUT2D eigenvalue weighted by atomic mass is 10.1. The van der Waals surface area contributed by atoms with Gasteiger partial charge in [0.1, 0.15) is 5.82 Å². The van der Waals surface area contributed by atoms with E-state index >= 15 is 0 Å². The molecule has 1 aliphatic carbocycles. The molecule has 0 unspecified atom stereocenters. The van der Waals surface area contributed by atoms with Crippen molar-refractivity contribution in [2.75, 3.05) is 25.4 Å². The first kappa shape index (κ1) is 19.3. The van der Waals surface area contributed by atoms with Gasteiger partial charge >= 0.3 is 0 Å². The Balaban J connectivity index is 1.46. The minimum absolute atomic E-state index is 0.0909. The fourth-order valence-electron chi connectivity index (χ4n) is 3.48. The third-order valence-electron chi connectivity index (χ3n) is 4.86. The van der Waals surface area contributed by atoms with Crippen molar-refractivity contribution in [3.8, 4) is 0 Å². The molecule has 1 aliphatic heterocycles. The molecule has 0 radical (unpaired) electrons. The minimum atomic E-state index is -3.42. The van der Waals surface area contributed by atoms with Crippen molar-refractivity contribution in [3.63, 3.8) is 0 Å². The van der Waals surface area contributed by atoms with Gasteiger partial charge in [-0.25, -0.2) is 12.8 Å². The molecule has 2 fully saturated rings. The standard InChI is InChI=1S/C18H25FN2O4S/c1-12-10-21(11-13(2)25-12)26(23,24)8-7-20-18(22)17-9-16(17)14-3-5-15(19)6-4-14/h3-6,12-13,16-17H,7-11H2,1-2H3,(H,20,22)/t12-,13+,16-,17+/m0/s1. The number of nitrogens with zero attached hydrogens (tertiary/aromatic N) is 1. The number of carbonyl (C=O) groups excluding carboxylic acids is 1. The Bertz CT molecular complexity index is 743. The second-order valence-electron chi connectivity index (χ2n) is 7.18. The van der Waals surface area contributed by atoms with Crippen LogP contribution >= 0.6 is 0 Å². The first-order valence-corrected chi connectivity index (χ1v) is 10.5. The van der Waals surface area contributed by atoms with Crippen LogP contribution in [0.4, 0.5) is 4.39 Å². The molecule has 1 heterocycles. The molecule has 144 valence electrons. The topological polar surface area (TPSA) is 75.7 Å². The SMILES string of the molecule is C[C@@H]1CN(S(=O)(=O)CCNC(=O)[C@@H]2C[C@H]2c2ccc(F)cc2)C[C@H](C)O1. The molecule has 1 aromatic carbocycles. The summed E-state index contributed by atoms with van der Waals surface area (Å²) < 4.78 is 44.8. The summed E-state index contributed by atoms with van der Waals surface area (Å²) in [5.74, 6) is -0.628. The number of benzene rings is 1. The van der Waals surface area contributed by atoms with Crippen LogP contribution in [0.25, 0.3) is 0 Å². The van der Waals surface area contributed by atoms with E-state index in [0.29, 0.717) is 19.5 Å². The van der Waals surface area contributed by atoms with Gasteiger partial charge in [-0.05, 0) is 43.9 Å². The zero-order valence-electron chi connectivity index (χ0n) is 15.0. The Morgan fingerprint density at radius 3 is 2.46 bits per heavy atom. The number of hydrogen-bond donors (Lipinski definition) is 1. The van der Waals surface area contributed by atoms with Gasteiger partial charge in [-0.3, -0.25) is 4.79 Å². The number of halogens is 1. The summed E-state index contributed by atoms with van der Waals surface area (Å²) >= 11 is 0. The van der Waals surface area contributed by atoms with Gasteiger partial charge in [0, 0.05) is 25.6 Å². The zero-order chi connectivity index (χ0) is 18.9. The molecule has 4 atom stereocenters. The lowest BCUT2D eigenvalue weighted by Crippen LogP contribution is -2.49. The fraction of sp³-hybridized carbons (Fsp3) is 0.611. The molecule has 1 saturated carbocycles.